The highest BCUT2D eigenvalue weighted by atomic mass is 32.2. The number of hydrogen-bond donors (Lipinski definition) is 0. The van der Waals surface area contributed by atoms with Crippen LogP contribution in [-0.4, -0.2) is 29.9 Å². The van der Waals surface area contributed by atoms with Crippen molar-refractivity contribution in [3.63, 3.8) is 0 Å². The summed E-state index contributed by atoms with van der Waals surface area (Å²) in [6, 6.07) is 15.6. The van der Waals surface area contributed by atoms with Gasteiger partial charge in [-0.3, -0.25) is 10.1 Å². The van der Waals surface area contributed by atoms with E-state index in [1.54, 1.807) is 11.8 Å². The fraction of sp³-hybridized carbons (Fsp3) is 0.238. The van der Waals surface area contributed by atoms with E-state index >= 15 is 0 Å². The second-order valence-corrected chi connectivity index (χ2v) is 10.3. The average molecular weight is 427 g/mol. The van der Waals surface area contributed by atoms with Gasteiger partial charge in [-0.2, -0.15) is 4.31 Å². The summed E-state index contributed by atoms with van der Waals surface area (Å²) in [6.45, 7) is 0.414. The Hall–Kier alpha value is -2.42. The van der Waals surface area contributed by atoms with Crippen LogP contribution in [0.4, 0.5) is 5.69 Å². The van der Waals surface area contributed by atoms with Gasteiger partial charge >= 0.3 is 0 Å². The molecule has 0 aromatic heterocycles. The van der Waals surface area contributed by atoms with E-state index in [4.69, 9.17) is 0 Å². The van der Waals surface area contributed by atoms with Crippen molar-refractivity contribution in [2.24, 2.45) is 0 Å². The van der Waals surface area contributed by atoms with E-state index in [1.807, 2.05) is 6.07 Å². The Bertz CT molecular complexity index is 1230. The molecule has 29 heavy (non-hydrogen) atoms. The molecule has 1 aliphatic carbocycles. The molecule has 148 valence electrons. The van der Waals surface area contributed by atoms with Crippen LogP contribution in [0.15, 0.2) is 59.5 Å². The first-order chi connectivity index (χ1) is 14.0. The van der Waals surface area contributed by atoms with Crippen LogP contribution >= 0.6 is 11.8 Å². The highest BCUT2D eigenvalue weighted by molar-refractivity contribution is 8.01. The van der Waals surface area contributed by atoms with Gasteiger partial charge in [-0.25, -0.2) is 8.42 Å². The first-order valence-corrected chi connectivity index (χ1v) is 11.9. The third-order valence-electron chi connectivity index (χ3n) is 5.68. The van der Waals surface area contributed by atoms with Crippen molar-refractivity contribution in [3.05, 3.63) is 81.4 Å². The van der Waals surface area contributed by atoms with Crippen LogP contribution in [0, 0.1) is 10.1 Å². The largest absolute Gasteiger partial charge is 0.269 e. The number of hydrogen-bond acceptors (Lipinski definition) is 5. The smallest absolute Gasteiger partial charge is 0.258 e. The molecule has 0 spiro atoms. The van der Waals surface area contributed by atoms with Gasteiger partial charge in [0, 0.05) is 24.4 Å². The lowest BCUT2D eigenvalue weighted by Crippen LogP contribution is -2.30. The van der Waals surface area contributed by atoms with E-state index < -0.39 is 14.9 Å². The van der Waals surface area contributed by atoms with E-state index in [9.17, 15) is 18.5 Å². The minimum absolute atomic E-state index is 0.0848. The number of benzene rings is 3. The van der Waals surface area contributed by atoms with Crippen molar-refractivity contribution in [1.82, 2.24) is 4.31 Å². The third-order valence-corrected chi connectivity index (χ3v) is 8.93. The van der Waals surface area contributed by atoms with Gasteiger partial charge in [0.05, 0.1) is 15.2 Å². The summed E-state index contributed by atoms with van der Waals surface area (Å²) in [4.78, 5) is 10.4. The molecule has 3 aromatic rings. The number of nitro benzene ring substituents is 1. The number of nitro groups is 1. The van der Waals surface area contributed by atoms with Crippen LogP contribution in [0.3, 0.4) is 0 Å². The second-order valence-electron chi connectivity index (χ2n) is 7.24. The van der Waals surface area contributed by atoms with Crippen molar-refractivity contribution in [3.8, 4) is 0 Å². The van der Waals surface area contributed by atoms with E-state index in [2.05, 4.69) is 24.3 Å². The number of nitrogens with zero attached hydrogens (tertiary/aromatic N) is 2. The summed E-state index contributed by atoms with van der Waals surface area (Å²) in [6.07, 6.45) is 2.05. The summed E-state index contributed by atoms with van der Waals surface area (Å²) in [5, 5.41) is 13.0. The molecule has 1 atom stereocenters. The molecular formula is C21H18N2O4S2. The van der Waals surface area contributed by atoms with Gasteiger partial charge in [-0.1, -0.05) is 30.3 Å². The predicted octanol–water partition coefficient (Wildman–Crippen LogP) is 4.28. The van der Waals surface area contributed by atoms with Crippen molar-refractivity contribution in [1.29, 1.82) is 0 Å². The van der Waals surface area contributed by atoms with Crippen LogP contribution in [0.1, 0.15) is 22.1 Å². The van der Waals surface area contributed by atoms with Crippen molar-refractivity contribution >= 4 is 38.2 Å². The fourth-order valence-electron chi connectivity index (χ4n) is 4.31. The normalized spacial score (nSPS) is 19.1. The maximum Gasteiger partial charge on any atom is 0.269 e. The summed E-state index contributed by atoms with van der Waals surface area (Å²) < 4.78 is 28.2. The quantitative estimate of drug-likeness (QED) is 0.459. The molecule has 0 saturated carbocycles. The van der Waals surface area contributed by atoms with Gasteiger partial charge < -0.3 is 0 Å². The van der Waals surface area contributed by atoms with Crippen LogP contribution in [0.25, 0.3) is 10.8 Å². The van der Waals surface area contributed by atoms with Gasteiger partial charge in [0.15, 0.2) is 0 Å². The van der Waals surface area contributed by atoms with Crippen molar-refractivity contribution < 1.29 is 13.3 Å². The van der Waals surface area contributed by atoms with Gasteiger partial charge in [0.25, 0.3) is 5.69 Å². The lowest BCUT2D eigenvalue weighted by atomic mass is 10.00. The first kappa shape index (κ1) is 18.6. The Balaban J connectivity index is 1.57. The van der Waals surface area contributed by atoms with E-state index in [1.165, 1.54) is 45.1 Å². The molecule has 1 fully saturated rings. The van der Waals surface area contributed by atoms with E-state index in [0.29, 0.717) is 12.3 Å². The van der Waals surface area contributed by atoms with E-state index in [0.717, 1.165) is 23.8 Å². The number of aryl methyl sites for hydroxylation is 2. The molecule has 0 amide bonds. The molecule has 8 heteroatoms. The summed E-state index contributed by atoms with van der Waals surface area (Å²) in [7, 11) is -3.76. The molecule has 0 N–H and O–H groups in total. The Kier molecular flexibility index (Phi) is 4.38. The topological polar surface area (TPSA) is 80.5 Å². The number of thioether (sulfide) groups is 1. The summed E-state index contributed by atoms with van der Waals surface area (Å²) >= 11 is 1.62. The maximum atomic E-state index is 13.3. The number of non-ortho nitro benzene ring substituents is 1. The molecular weight excluding hydrogens is 408 g/mol. The Morgan fingerprint density at radius 2 is 1.72 bits per heavy atom. The number of rotatable bonds is 4. The molecule has 2 aliphatic rings. The highest BCUT2D eigenvalue weighted by Crippen LogP contribution is 2.45. The lowest BCUT2D eigenvalue weighted by molar-refractivity contribution is -0.384. The Morgan fingerprint density at radius 1 is 1.00 bits per heavy atom. The van der Waals surface area contributed by atoms with Gasteiger partial charge in [-0.05, 0) is 52.4 Å². The second kappa shape index (κ2) is 6.83. The molecule has 0 bridgehead atoms. The average Bonchev–Trinajstić information content (AvgIpc) is 3.37. The molecule has 6 nitrogen and oxygen atoms in total. The molecule has 1 unspecified atom stereocenters. The van der Waals surface area contributed by atoms with Crippen LogP contribution in [-0.2, 0) is 22.9 Å². The zero-order valence-electron chi connectivity index (χ0n) is 15.4. The minimum Gasteiger partial charge on any atom is -0.258 e. The molecule has 3 aromatic carbocycles. The van der Waals surface area contributed by atoms with Gasteiger partial charge in [-0.15, -0.1) is 11.8 Å². The van der Waals surface area contributed by atoms with Crippen LogP contribution in [0.2, 0.25) is 0 Å². The molecule has 1 heterocycles. The molecule has 1 saturated heterocycles. The molecule has 5 rings (SSSR count). The third kappa shape index (κ3) is 2.94. The fourth-order valence-corrected chi connectivity index (χ4v) is 7.57. The van der Waals surface area contributed by atoms with Crippen molar-refractivity contribution in [2.45, 2.75) is 23.1 Å². The van der Waals surface area contributed by atoms with Crippen LogP contribution < -0.4 is 0 Å². The molecule has 1 aliphatic heterocycles. The maximum absolute atomic E-state index is 13.3. The zero-order chi connectivity index (χ0) is 20.2. The van der Waals surface area contributed by atoms with E-state index in [-0.39, 0.29) is 16.0 Å². The monoisotopic (exact) mass is 426 g/mol. The van der Waals surface area contributed by atoms with Crippen molar-refractivity contribution in [2.75, 3.05) is 12.3 Å². The van der Waals surface area contributed by atoms with Crippen LogP contribution in [0.5, 0.6) is 0 Å². The highest BCUT2D eigenvalue weighted by Gasteiger charge is 2.38. The molecule has 0 radical (unpaired) electrons. The predicted molar refractivity (Wildman–Crippen MR) is 114 cm³/mol. The van der Waals surface area contributed by atoms with Gasteiger partial charge in [0.1, 0.15) is 0 Å². The first-order valence-electron chi connectivity index (χ1n) is 9.38. The summed E-state index contributed by atoms with van der Waals surface area (Å²) in [5.74, 6) is 0.708. The standard InChI is InChI=1S/C21H18N2O4S2/c24-23(25)16-7-9-17(10-8-16)29(26,27)22-12-13-28-21(22)19-11-6-15-5-4-14-2-1-3-18(19)20(14)15/h1-3,6-11,21H,4-5,12-13H2. The van der Waals surface area contributed by atoms with Gasteiger partial charge in [0.2, 0.25) is 10.0 Å². The Morgan fingerprint density at radius 3 is 2.45 bits per heavy atom. The minimum atomic E-state index is -3.76. The lowest BCUT2D eigenvalue weighted by Gasteiger charge is -2.25. The Labute approximate surface area is 172 Å². The summed E-state index contributed by atoms with van der Waals surface area (Å²) in [5.41, 5.74) is 3.54. The number of sulfonamides is 1. The zero-order valence-corrected chi connectivity index (χ0v) is 17.1. The SMILES string of the molecule is O=[N+]([O-])c1ccc(S(=O)(=O)N2CCSC2c2ccc3c4c(cccc24)CC3)cc1.